The number of aryl methyl sites for hydroxylation is 1. The van der Waals surface area contributed by atoms with Gasteiger partial charge in [0.1, 0.15) is 12.4 Å². The van der Waals surface area contributed by atoms with E-state index in [1.165, 1.54) is 17.3 Å². The molecule has 31 heavy (non-hydrogen) atoms. The van der Waals surface area contributed by atoms with E-state index in [1.54, 1.807) is 17.6 Å². The Kier molecular flexibility index (Phi) is 6.96. The predicted octanol–water partition coefficient (Wildman–Crippen LogP) is 5.43. The second-order valence-electron chi connectivity index (χ2n) is 6.88. The number of nitrogens with zero attached hydrogens (tertiary/aromatic N) is 2. The molecule has 156 valence electrons. The number of nitrogens with one attached hydrogen (secondary N) is 1. The Morgan fingerprint density at radius 3 is 2.77 bits per heavy atom. The Hall–Kier alpha value is -3.16. The van der Waals surface area contributed by atoms with Gasteiger partial charge in [0, 0.05) is 0 Å². The van der Waals surface area contributed by atoms with E-state index in [1.807, 2.05) is 60.7 Å². The molecule has 0 fully saturated rings. The molecule has 5 nitrogen and oxygen atoms in total. The highest BCUT2D eigenvalue weighted by atomic mass is 32.2. The molecule has 4 rings (SSSR count). The maximum atomic E-state index is 12.0. The summed E-state index contributed by atoms with van der Waals surface area (Å²) in [5, 5.41) is 4.03. The van der Waals surface area contributed by atoms with Crippen molar-refractivity contribution in [2.24, 2.45) is 5.10 Å². The number of rotatable bonds is 8. The van der Waals surface area contributed by atoms with Crippen LogP contribution in [0.4, 0.5) is 0 Å². The normalized spacial score (nSPS) is 11.1. The van der Waals surface area contributed by atoms with Crippen molar-refractivity contribution in [1.29, 1.82) is 0 Å². The Labute approximate surface area is 189 Å². The fourth-order valence-corrected chi connectivity index (χ4v) is 4.73. The number of amides is 1. The van der Waals surface area contributed by atoms with Crippen molar-refractivity contribution in [3.8, 4) is 5.75 Å². The third kappa shape index (κ3) is 6.16. The Balaban J connectivity index is 1.22. The van der Waals surface area contributed by atoms with Crippen LogP contribution in [0.15, 0.2) is 82.2 Å². The van der Waals surface area contributed by atoms with Gasteiger partial charge in [0.15, 0.2) is 4.34 Å². The summed E-state index contributed by atoms with van der Waals surface area (Å²) in [6.07, 6.45) is 1.62. The molecule has 1 aromatic heterocycles. The highest BCUT2D eigenvalue weighted by molar-refractivity contribution is 8.01. The number of hydrazone groups is 1. The minimum absolute atomic E-state index is 0.168. The van der Waals surface area contributed by atoms with Gasteiger partial charge in [0.2, 0.25) is 0 Å². The van der Waals surface area contributed by atoms with Crippen molar-refractivity contribution in [3.63, 3.8) is 0 Å². The molecule has 7 heteroatoms. The first-order valence-electron chi connectivity index (χ1n) is 9.74. The van der Waals surface area contributed by atoms with E-state index in [9.17, 15) is 4.79 Å². The fraction of sp³-hybridized carbons (Fsp3) is 0.125. The molecule has 3 aromatic carbocycles. The molecule has 0 saturated heterocycles. The molecule has 0 aliphatic heterocycles. The lowest BCUT2D eigenvalue weighted by Crippen LogP contribution is -2.19. The van der Waals surface area contributed by atoms with Gasteiger partial charge < -0.3 is 4.74 Å². The molecule has 0 bridgehead atoms. The molecular weight excluding hydrogens is 426 g/mol. The van der Waals surface area contributed by atoms with Gasteiger partial charge in [-0.15, -0.1) is 11.3 Å². The number of hydrogen-bond donors (Lipinski definition) is 1. The number of hydrogen-bond acceptors (Lipinski definition) is 6. The van der Waals surface area contributed by atoms with Gasteiger partial charge in [-0.2, -0.15) is 5.10 Å². The largest absolute Gasteiger partial charge is 0.489 e. The lowest BCUT2D eigenvalue weighted by atomic mass is 10.1. The van der Waals surface area contributed by atoms with E-state index in [-0.39, 0.29) is 11.7 Å². The third-order valence-corrected chi connectivity index (χ3v) is 6.55. The first kappa shape index (κ1) is 21.1. The number of carbonyl (C=O) groups excluding carboxylic acids is 1. The van der Waals surface area contributed by atoms with Crippen LogP contribution < -0.4 is 10.2 Å². The minimum Gasteiger partial charge on any atom is -0.489 e. The standard InChI is InChI=1S/C24H21N3O2S2/c1-17-5-4-6-19(13-17)15-29-20-11-9-18(10-12-20)14-25-27-23(28)16-30-24-26-21-7-2-3-8-22(21)31-24/h2-14H,15-16H2,1H3,(H,27,28)/b25-14+. The molecule has 1 amide bonds. The van der Waals surface area contributed by atoms with Crippen LogP contribution in [0.2, 0.25) is 0 Å². The van der Waals surface area contributed by atoms with Gasteiger partial charge in [-0.3, -0.25) is 4.79 Å². The Morgan fingerprint density at radius 1 is 1.13 bits per heavy atom. The lowest BCUT2D eigenvalue weighted by Gasteiger charge is -2.07. The number of thiazole rings is 1. The number of ether oxygens (including phenoxy) is 1. The van der Waals surface area contributed by atoms with E-state index in [0.717, 1.165) is 31.4 Å². The van der Waals surface area contributed by atoms with Crippen LogP contribution in [0, 0.1) is 6.92 Å². The van der Waals surface area contributed by atoms with Gasteiger partial charge in [-0.05, 0) is 54.4 Å². The highest BCUT2D eigenvalue weighted by Gasteiger charge is 2.07. The first-order valence-corrected chi connectivity index (χ1v) is 11.5. The molecule has 0 atom stereocenters. The zero-order valence-electron chi connectivity index (χ0n) is 16.9. The molecular formula is C24H21N3O2S2. The van der Waals surface area contributed by atoms with Crippen LogP contribution in [-0.4, -0.2) is 22.9 Å². The summed E-state index contributed by atoms with van der Waals surface area (Å²) in [6, 6.07) is 23.8. The summed E-state index contributed by atoms with van der Waals surface area (Å²) in [5.74, 6) is 0.886. The van der Waals surface area contributed by atoms with E-state index in [0.29, 0.717) is 6.61 Å². The number of carbonyl (C=O) groups is 1. The van der Waals surface area contributed by atoms with Crippen molar-refractivity contribution in [1.82, 2.24) is 10.4 Å². The van der Waals surface area contributed by atoms with E-state index in [2.05, 4.69) is 34.6 Å². The maximum Gasteiger partial charge on any atom is 0.250 e. The summed E-state index contributed by atoms with van der Waals surface area (Å²) >= 11 is 3.00. The van der Waals surface area contributed by atoms with Gasteiger partial charge in [0.05, 0.1) is 22.2 Å². The first-order chi connectivity index (χ1) is 15.2. The van der Waals surface area contributed by atoms with Gasteiger partial charge >= 0.3 is 0 Å². The molecule has 0 saturated carbocycles. The second kappa shape index (κ2) is 10.2. The molecule has 4 aromatic rings. The van der Waals surface area contributed by atoms with Crippen LogP contribution in [-0.2, 0) is 11.4 Å². The van der Waals surface area contributed by atoms with Crippen LogP contribution in [0.25, 0.3) is 10.2 Å². The Bertz CT molecular complexity index is 1170. The van der Waals surface area contributed by atoms with Crippen molar-refractivity contribution < 1.29 is 9.53 Å². The summed E-state index contributed by atoms with van der Waals surface area (Å²) < 4.78 is 7.82. The third-order valence-electron chi connectivity index (χ3n) is 4.37. The molecule has 0 spiro atoms. The molecule has 0 aliphatic carbocycles. The van der Waals surface area contributed by atoms with Crippen molar-refractivity contribution in [2.75, 3.05) is 5.75 Å². The number of para-hydroxylation sites is 1. The maximum absolute atomic E-state index is 12.0. The lowest BCUT2D eigenvalue weighted by molar-refractivity contribution is -0.118. The second-order valence-corrected chi connectivity index (χ2v) is 9.13. The summed E-state index contributed by atoms with van der Waals surface area (Å²) in [6.45, 7) is 2.59. The topological polar surface area (TPSA) is 63.6 Å². The monoisotopic (exact) mass is 447 g/mol. The molecule has 0 radical (unpaired) electrons. The number of fused-ring (bicyclic) bond motifs is 1. The molecule has 0 aliphatic rings. The fourth-order valence-electron chi connectivity index (χ4n) is 2.87. The zero-order valence-corrected chi connectivity index (χ0v) is 18.6. The smallest absolute Gasteiger partial charge is 0.250 e. The van der Waals surface area contributed by atoms with Crippen molar-refractivity contribution in [3.05, 3.63) is 89.5 Å². The summed E-state index contributed by atoms with van der Waals surface area (Å²) in [7, 11) is 0. The van der Waals surface area contributed by atoms with Gasteiger partial charge in [-0.1, -0.05) is 53.7 Å². The van der Waals surface area contributed by atoms with Crippen LogP contribution >= 0.6 is 23.1 Å². The molecule has 1 heterocycles. The van der Waals surface area contributed by atoms with Crippen LogP contribution in [0.3, 0.4) is 0 Å². The minimum atomic E-state index is -0.168. The van der Waals surface area contributed by atoms with E-state index < -0.39 is 0 Å². The van der Waals surface area contributed by atoms with E-state index >= 15 is 0 Å². The average Bonchev–Trinajstić information content (AvgIpc) is 3.20. The number of thioether (sulfide) groups is 1. The number of aromatic nitrogens is 1. The van der Waals surface area contributed by atoms with Crippen LogP contribution in [0.1, 0.15) is 16.7 Å². The van der Waals surface area contributed by atoms with Crippen molar-refractivity contribution in [2.45, 2.75) is 17.9 Å². The highest BCUT2D eigenvalue weighted by Crippen LogP contribution is 2.29. The number of benzene rings is 3. The molecule has 0 unspecified atom stereocenters. The van der Waals surface area contributed by atoms with Crippen LogP contribution in [0.5, 0.6) is 5.75 Å². The SMILES string of the molecule is Cc1cccc(COc2ccc(/C=N/NC(=O)CSc3nc4ccccc4s3)cc2)c1. The van der Waals surface area contributed by atoms with Crippen molar-refractivity contribution >= 4 is 45.4 Å². The quantitative estimate of drug-likeness (QED) is 0.222. The van der Waals surface area contributed by atoms with Gasteiger partial charge in [0.25, 0.3) is 5.91 Å². The van der Waals surface area contributed by atoms with E-state index in [4.69, 9.17) is 4.74 Å². The zero-order chi connectivity index (χ0) is 21.5. The summed E-state index contributed by atoms with van der Waals surface area (Å²) in [5.41, 5.74) is 6.74. The van der Waals surface area contributed by atoms with Gasteiger partial charge in [-0.25, -0.2) is 10.4 Å². The Morgan fingerprint density at radius 2 is 1.97 bits per heavy atom. The molecule has 1 N–H and O–H groups in total. The average molecular weight is 448 g/mol. The predicted molar refractivity (Wildman–Crippen MR) is 128 cm³/mol. The summed E-state index contributed by atoms with van der Waals surface area (Å²) in [4.78, 5) is 16.5.